The Hall–Kier alpha value is -2.08. The van der Waals surface area contributed by atoms with Crippen LogP contribution < -0.4 is 5.32 Å². The summed E-state index contributed by atoms with van der Waals surface area (Å²) in [5, 5.41) is 12.3. The molecule has 1 aromatic carbocycles. The minimum atomic E-state index is -0.916. The molecule has 2 N–H and O–H groups in total. The second kappa shape index (κ2) is 6.91. The number of pyridine rings is 1. The van der Waals surface area contributed by atoms with Gasteiger partial charge in [0.1, 0.15) is 0 Å². The second-order valence-corrected chi connectivity index (χ2v) is 5.14. The van der Waals surface area contributed by atoms with E-state index in [1.54, 1.807) is 6.20 Å². The van der Waals surface area contributed by atoms with E-state index in [1.165, 1.54) is 0 Å². The molecule has 0 aliphatic heterocycles. The van der Waals surface area contributed by atoms with Crippen LogP contribution in [0.25, 0.3) is 10.9 Å². The molecule has 2 rings (SSSR count). The Bertz CT molecular complexity index is 625. The highest BCUT2D eigenvalue weighted by Gasteiger charge is 2.06. The number of carbonyl (C=O) groups is 2. The molecule has 1 heterocycles. The van der Waals surface area contributed by atoms with Gasteiger partial charge >= 0.3 is 5.97 Å². The van der Waals surface area contributed by atoms with Gasteiger partial charge in [-0.15, -0.1) is 11.8 Å². The molecule has 5 nitrogen and oxygen atoms in total. The number of aliphatic carboxylic acids is 1. The third-order valence-electron chi connectivity index (χ3n) is 2.65. The Morgan fingerprint density at radius 2 is 2.00 bits per heavy atom. The van der Waals surface area contributed by atoms with Crippen molar-refractivity contribution in [2.45, 2.75) is 6.54 Å². The fraction of sp³-hybridized carbons (Fsp3) is 0.214. The zero-order chi connectivity index (χ0) is 14.4. The van der Waals surface area contributed by atoms with Gasteiger partial charge in [-0.1, -0.05) is 24.3 Å². The maximum absolute atomic E-state index is 11.6. The van der Waals surface area contributed by atoms with E-state index in [0.29, 0.717) is 6.54 Å². The van der Waals surface area contributed by atoms with Gasteiger partial charge in [0.2, 0.25) is 5.91 Å². The summed E-state index contributed by atoms with van der Waals surface area (Å²) in [5.74, 6) is -1.02. The molecule has 20 heavy (non-hydrogen) atoms. The molecule has 2 aromatic rings. The molecule has 1 aromatic heterocycles. The molecule has 0 bridgehead atoms. The lowest BCUT2D eigenvalue weighted by Gasteiger charge is -2.07. The second-order valence-electron chi connectivity index (χ2n) is 4.16. The van der Waals surface area contributed by atoms with Crippen molar-refractivity contribution in [2.75, 3.05) is 11.5 Å². The van der Waals surface area contributed by atoms with Crippen LogP contribution in [0.2, 0.25) is 0 Å². The maximum atomic E-state index is 11.6. The van der Waals surface area contributed by atoms with Crippen LogP contribution in [-0.4, -0.2) is 33.5 Å². The number of carboxylic acid groups (broad SMARTS) is 1. The number of thioether (sulfide) groups is 1. The van der Waals surface area contributed by atoms with Gasteiger partial charge in [0.05, 0.1) is 17.0 Å². The smallest absolute Gasteiger partial charge is 0.313 e. The van der Waals surface area contributed by atoms with Crippen molar-refractivity contribution in [3.05, 3.63) is 42.1 Å². The SMILES string of the molecule is O=C(O)CSCC(=O)NCc1cccc2cccnc12. The van der Waals surface area contributed by atoms with Crippen molar-refractivity contribution < 1.29 is 14.7 Å². The van der Waals surface area contributed by atoms with Crippen molar-refractivity contribution in [3.8, 4) is 0 Å². The highest BCUT2D eigenvalue weighted by Crippen LogP contribution is 2.15. The van der Waals surface area contributed by atoms with E-state index in [4.69, 9.17) is 5.11 Å². The number of nitrogens with one attached hydrogen (secondary N) is 1. The number of aromatic nitrogens is 1. The summed E-state index contributed by atoms with van der Waals surface area (Å²) in [6, 6.07) is 9.64. The Morgan fingerprint density at radius 3 is 2.80 bits per heavy atom. The van der Waals surface area contributed by atoms with Crippen molar-refractivity contribution in [3.63, 3.8) is 0 Å². The van der Waals surface area contributed by atoms with E-state index in [9.17, 15) is 9.59 Å². The Morgan fingerprint density at radius 1 is 1.20 bits per heavy atom. The molecule has 104 valence electrons. The summed E-state index contributed by atoms with van der Waals surface area (Å²) < 4.78 is 0. The third kappa shape index (κ3) is 3.96. The van der Waals surface area contributed by atoms with Crippen LogP contribution in [0.4, 0.5) is 0 Å². The molecule has 0 radical (unpaired) electrons. The van der Waals surface area contributed by atoms with Gasteiger partial charge in [-0.3, -0.25) is 14.6 Å². The van der Waals surface area contributed by atoms with Gasteiger partial charge in [0, 0.05) is 18.1 Å². The summed E-state index contributed by atoms with van der Waals surface area (Å²) in [7, 11) is 0. The molecule has 6 heteroatoms. The zero-order valence-corrected chi connectivity index (χ0v) is 11.5. The fourth-order valence-electron chi connectivity index (χ4n) is 1.79. The number of carbonyl (C=O) groups excluding carboxylic acids is 1. The summed E-state index contributed by atoms with van der Waals surface area (Å²) in [6.45, 7) is 0.390. The number of amides is 1. The summed E-state index contributed by atoms with van der Waals surface area (Å²) >= 11 is 1.08. The topological polar surface area (TPSA) is 79.3 Å². The average Bonchev–Trinajstić information content (AvgIpc) is 2.44. The van der Waals surface area contributed by atoms with E-state index in [2.05, 4.69) is 10.3 Å². The molecule has 0 spiro atoms. The first-order valence-corrected chi connectivity index (χ1v) is 7.21. The lowest BCUT2D eigenvalue weighted by atomic mass is 10.1. The molecule has 0 saturated heterocycles. The lowest BCUT2D eigenvalue weighted by Crippen LogP contribution is -2.25. The van der Waals surface area contributed by atoms with Crippen LogP contribution >= 0.6 is 11.8 Å². The number of fused-ring (bicyclic) bond motifs is 1. The van der Waals surface area contributed by atoms with E-state index in [0.717, 1.165) is 28.2 Å². The van der Waals surface area contributed by atoms with Crippen molar-refractivity contribution in [1.82, 2.24) is 10.3 Å². The highest BCUT2D eigenvalue weighted by atomic mass is 32.2. The lowest BCUT2D eigenvalue weighted by molar-refractivity contribution is -0.133. The molecular weight excluding hydrogens is 276 g/mol. The largest absolute Gasteiger partial charge is 0.481 e. The molecule has 1 amide bonds. The van der Waals surface area contributed by atoms with Crippen LogP contribution in [0.5, 0.6) is 0 Å². The summed E-state index contributed by atoms with van der Waals surface area (Å²) in [6.07, 6.45) is 1.72. The van der Waals surface area contributed by atoms with Crippen LogP contribution in [0.3, 0.4) is 0 Å². The van der Waals surface area contributed by atoms with Gasteiger partial charge < -0.3 is 10.4 Å². The number of para-hydroxylation sites is 1. The van der Waals surface area contributed by atoms with Crippen LogP contribution in [0.1, 0.15) is 5.56 Å². The average molecular weight is 290 g/mol. The first kappa shape index (κ1) is 14.3. The molecule has 0 aliphatic carbocycles. The molecule has 0 unspecified atom stereocenters. The van der Waals surface area contributed by atoms with E-state index >= 15 is 0 Å². The third-order valence-corrected chi connectivity index (χ3v) is 3.57. The van der Waals surface area contributed by atoms with E-state index in [-0.39, 0.29) is 17.4 Å². The van der Waals surface area contributed by atoms with Crippen LogP contribution in [0, 0.1) is 0 Å². The van der Waals surface area contributed by atoms with Crippen molar-refractivity contribution >= 4 is 34.5 Å². The Kier molecular flexibility index (Phi) is 4.95. The number of hydrogen-bond donors (Lipinski definition) is 2. The number of nitrogens with zero attached hydrogens (tertiary/aromatic N) is 1. The molecule has 0 fully saturated rings. The highest BCUT2D eigenvalue weighted by molar-refractivity contribution is 8.00. The number of hydrogen-bond acceptors (Lipinski definition) is 4. The van der Waals surface area contributed by atoms with E-state index < -0.39 is 5.97 Å². The maximum Gasteiger partial charge on any atom is 0.313 e. The van der Waals surface area contributed by atoms with Crippen molar-refractivity contribution in [1.29, 1.82) is 0 Å². The zero-order valence-electron chi connectivity index (χ0n) is 10.7. The summed E-state index contributed by atoms with van der Waals surface area (Å²) in [5.41, 5.74) is 1.81. The minimum Gasteiger partial charge on any atom is -0.481 e. The number of rotatable bonds is 6. The van der Waals surface area contributed by atoms with Gasteiger partial charge in [0.25, 0.3) is 0 Å². The number of benzene rings is 1. The van der Waals surface area contributed by atoms with Gasteiger partial charge in [-0.2, -0.15) is 0 Å². The molecule has 0 aliphatic rings. The normalized spacial score (nSPS) is 10.4. The van der Waals surface area contributed by atoms with E-state index in [1.807, 2.05) is 30.3 Å². The minimum absolute atomic E-state index is 0.0662. The number of carboxylic acids is 1. The van der Waals surface area contributed by atoms with Crippen molar-refractivity contribution in [2.24, 2.45) is 0 Å². The predicted molar refractivity (Wildman–Crippen MR) is 78.6 cm³/mol. The standard InChI is InChI=1S/C14H14N2O3S/c17-12(8-20-9-13(18)19)16-7-11-4-1-3-10-5-2-6-15-14(10)11/h1-6H,7-9H2,(H,16,17)(H,18,19). The Labute approximate surface area is 120 Å². The first-order valence-electron chi connectivity index (χ1n) is 6.05. The Balaban J connectivity index is 1.92. The quantitative estimate of drug-likeness (QED) is 0.846. The molecule has 0 atom stereocenters. The van der Waals surface area contributed by atoms with Crippen LogP contribution in [0.15, 0.2) is 36.5 Å². The summed E-state index contributed by atoms with van der Waals surface area (Å²) in [4.78, 5) is 26.2. The molecular formula is C14H14N2O3S. The predicted octanol–water partition coefficient (Wildman–Crippen LogP) is 1.67. The monoisotopic (exact) mass is 290 g/mol. The fourth-order valence-corrected chi connectivity index (χ4v) is 2.35. The van der Waals surface area contributed by atoms with Gasteiger partial charge in [-0.25, -0.2) is 0 Å². The van der Waals surface area contributed by atoms with Gasteiger partial charge in [0.15, 0.2) is 0 Å². The van der Waals surface area contributed by atoms with Gasteiger partial charge in [-0.05, 0) is 11.6 Å². The molecule has 0 saturated carbocycles. The van der Waals surface area contributed by atoms with Crippen LogP contribution in [-0.2, 0) is 16.1 Å². The first-order chi connectivity index (χ1) is 9.66.